The topological polar surface area (TPSA) is 63.9 Å². The first-order chi connectivity index (χ1) is 12.6. The number of rotatable bonds is 6. The van der Waals surface area contributed by atoms with Gasteiger partial charge in [-0.05, 0) is 37.3 Å². The number of morpholine rings is 1. The first-order valence-electron chi connectivity index (χ1n) is 8.58. The number of benzene rings is 1. The van der Waals surface area contributed by atoms with E-state index in [1.807, 2.05) is 19.1 Å². The summed E-state index contributed by atoms with van der Waals surface area (Å²) in [5, 5.41) is 3.47. The van der Waals surface area contributed by atoms with Crippen LogP contribution in [0.25, 0.3) is 0 Å². The second-order valence-corrected chi connectivity index (χ2v) is 6.60. The molecule has 1 atom stereocenters. The highest BCUT2D eigenvalue weighted by Gasteiger charge is 2.26. The molecule has 6 nitrogen and oxygen atoms in total. The molecule has 0 saturated carbocycles. The van der Waals surface area contributed by atoms with Crippen LogP contribution in [0.3, 0.4) is 0 Å². The molecule has 1 amide bonds. The fraction of sp³-hybridized carbons (Fsp3) is 0.421. The number of hydrogen-bond acceptors (Lipinski definition) is 5. The van der Waals surface area contributed by atoms with Crippen LogP contribution < -0.4 is 10.1 Å². The van der Waals surface area contributed by atoms with Gasteiger partial charge < -0.3 is 19.2 Å². The molecule has 0 spiro atoms. The molecular formula is C19H23ClN2O4. The molecule has 1 fully saturated rings. The number of furan rings is 1. The molecule has 0 bridgehead atoms. The maximum atomic E-state index is 12.7. The van der Waals surface area contributed by atoms with E-state index >= 15 is 0 Å². The number of amides is 1. The number of halogens is 1. The molecular weight excluding hydrogens is 356 g/mol. The second kappa shape index (κ2) is 8.58. The molecule has 1 saturated heterocycles. The Morgan fingerprint density at radius 2 is 2.08 bits per heavy atom. The van der Waals surface area contributed by atoms with Gasteiger partial charge in [-0.2, -0.15) is 0 Å². The van der Waals surface area contributed by atoms with Crippen LogP contribution in [0, 0.1) is 6.92 Å². The van der Waals surface area contributed by atoms with Crippen LogP contribution in [-0.2, 0) is 4.74 Å². The van der Waals surface area contributed by atoms with Gasteiger partial charge in [0.05, 0.1) is 31.9 Å². The van der Waals surface area contributed by atoms with Crippen molar-refractivity contribution in [2.45, 2.75) is 13.0 Å². The Labute approximate surface area is 158 Å². The molecule has 1 aromatic carbocycles. The van der Waals surface area contributed by atoms with Crippen molar-refractivity contribution in [1.82, 2.24) is 10.2 Å². The molecule has 3 rings (SSSR count). The summed E-state index contributed by atoms with van der Waals surface area (Å²) >= 11 is 6.03. The predicted molar refractivity (Wildman–Crippen MR) is 98.9 cm³/mol. The van der Waals surface area contributed by atoms with Crippen LogP contribution in [0.15, 0.2) is 34.7 Å². The summed E-state index contributed by atoms with van der Waals surface area (Å²) in [5.41, 5.74) is 0.413. The highest BCUT2D eigenvalue weighted by Crippen LogP contribution is 2.25. The van der Waals surface area contributed by atoms with E-state index in [-0.39, 0.29) is 11.9 Å². The van der Waals surface area contributed by atoms with Gasteiger partial charge in [-0.25, -0.2) is 0 Å². The highest BCUT2D eigenvalue weighted by molar-refractivity contribution is 6.31. The summed E-state index contributed by atoms with van der Waals surface area (Å²) in [6.45, 7) is 5.26. The van der Waals surface area contributed by atoms with Crippen molar-refractivity contribution in [3.63, 3.8) is 0 Å². The number of nitrogens with one attached hydrogen (secondary N) is 1. The van der Waals surface area contributed by atoms with Crippen molar-refractivity contribution in [2.24, 2.45) is 0 Å². The molecule has 26 heavy (non-hydrogen) atoms. The Morgan fingerprint density at radius 1 is 1.31 bits per heavy atom. The van der Waals surface area contributed by atoms with E-state index < -0.39 is 0 Å². The first kappa shape index (κ1) is 18.8. The molecule has 0 radical (unpaired) electrons. The van der Waals surface area contributed by atoms with Gasteiger partial charge in [0.1, 0.15) is 17.3 Å². The highest BCUT2D eigenvalue weighted by atomic mass is 35.5. The fourth-order valence-electron chi connectivity index (χ4n) is 3.07. The van der Waals surface area contributed by atoms with Gasteiger partial charge in [-0.1, -0.05) is 11.6 Å². The number of hydrogen-bond donors (Lipinski definition) is 1. The third-order valence-corrected chi connectivity index (χ3v) is 4.67. The van der Waals surface area contributed by atoms with Crippen molar-refractivity contribution in [3.05, 3.63) is 52.4 Å². The molecule has 0 aliphatic carbocycles. The summed E-state index contributed by atoms with van der Waals surface area (Å²) in [5.74, 6) is 1.94. The quantitative estimate of drug-likeness (QED) is 0.837. The lowest BCUT2D eigenvalue weighted by Gasteiger charge is -2.33. The standard InChI is InChI=1S/C19H23ClN2O4/c1-13-3-5-18(26-13)16(22-7-9-25-10-8-22)12-21-19(23)15-11-14(20)4-6-17(15)24-2/h3-6,11,16H,7-10,12H2,1-2H3,(H,21,23)/t16-/m1/s1. The van der Waals surface area contributed by atoms with E-state index in [2.05, 4.69) is 10.2 Å². The van der Waals surface area contributed by atoms with Gasteiger partial charge >= 0.3 is 0 Å². The maximum Gasteiger partial charge on any atom is 0.255 e. The number of carbonyl (C=O) groups is 1. The van der Waals surface area contributed by atoms with E-state index in [1.54, 1.807) is 18.2 Å². The Balaban J connectivity index is 1.75. The Kier molecular flexibility index (Phi) is 6.19. The minimum Gasteiger partial charge on any atom is -0.496 e. The van der Waals surface area contributed by atoms with Crippen molar-refractivity contribution in [3.8, 4) is 5.75 Å². The maximum absolute atomic E-state index is 12.7. The van der Waals surface area contributed by atoms with Gasteiger partial charge in [-0.3, -0.25) is 9.69 Å². The summed E-state index contributed by atoms with van der Waals surface area (Å²) in [6, 6.07) is 8.83. The minimum absolute atomic E-state index is 0.0540. The number of ether oxygens (including phenoxy) is 2. The Morgan fingerprint density at radius 3 is 2.73 bits per heavy atom. The van der Waals surface area contributed by atoms with Crippen LogP contribution in [0.4, 0.5) is 0 Å². The Bertz CT molecular complexity index is 756. The lowest BCUT2D eigenvalue weighted by atomic mass is 10.1. The van der Waals surface area contributed by atoms with Crippen LogP contribution in [0.1, 0.15) is 27.9 Å². The van der Waals surface area contributed by atoms with Crippen molar-refractivity contribution >= 4 is 17.5 Å². The predicted octanol–water partition coefficient (Wildman–Crippen LogP) is 3.05. The molecule has 0 unspecified atom stereocenters. The molecule has 2 aromatic rings. The lowest BCUT2D eigenvalue weighted by molar-refractivity contribution is 0.0117. The number of methoxy groups -OCH3 is 1. The third-order valence-electron chi connectivity index (χ3n) is 4.44. The summed E-state index contributed by atoms with van der Waals surface area (Å²) in [6.07, 6.45) is 0. The SMILES string of the molecule is COc1ccc(Cl)cc1C(=O)NC[C@H](c1ccc(C)o1)N1CCOCC1. The van der Waals surface area contributed by atoms with Gasteiger partial charge in [0.2, 0.25) is 0 Å². The minimum atomic E-state index is -0.231. The molecule has 1 N–H and O–H groups in total. The van der Waals surface area contributed by atoms with Gasteiger partial charge in [-0.15, -0.1) is 0 Å². The third kappa shape index (κ3) is 4.38. The van der Waals surface area contributed by atoms with Crippen molar-refractivity contribution in [2.75, 3.05) is 40.0 Å². The molecule has 1 aliphatic rings. The van der Waals surface area contributed by atoms with E-state index in [1.165, 1.54) is 7.11 Å². The normalized spacial score (nSPS) is 16.3. The fourth-order valence-corrected chi connectivity index (χ4v) is 3.25. The van der Waals surface area contributed by atoms with Crippen LogP contribution in [0.2, 0.25) is 5.02 Å². The summed E-state index contributed by atoms with van der Waals surface area (Å²) in [4.78, 5) is 14.9. The van der Waals surface area contributed by atoms with Crippen LogP contribution in [-0.4, -0.2) is 50.8 Å². The number of nitrogens with zero attached hydrogens (tertiary/aromatic N) is 1. The smallest absolute Gasteiger partial charge is 0.255 e. The monoisotopic (exact) mass is 378 g/mol. The van der Waals surface area contributed by atoms with Crippen molar-refractivity contribution in [1.29, 1.82) is 0 Å². The van der Waals surface area contributed by atoms with E-state index in [9.17, 15) is 4.79 Å². The second-order valence-electron chi connectivity index (χ2n) is 6.17. The number of aryl methyl sites for hydroxylation is 1. The largest absolute Gasteiger partial charge is 0.496 e. The average molecular weight is 379 g/mol. The molecule has 7 heteroatoms. The Hall–Kier alpha value is -2.02. The zero-order chi connectivity index (χ0) is 18.5. The lowest BCUT2D eigenvalue weighted by Crippen LogP contribution is -2.43. The first-order valence-corrected chi connectivity index (χ1v) is 8.96. The number of carbonyl (C=O) groups excluding carboxylic acids is 1. The van der Waals surface area contributed by atoms with E-state index in [0.29, 0.717) is 36.1 Å². The van der Waals surface area contributed by atoms with E-state index in [0.717, 1.165) is 24.6 Å². The average Bonchev–Trinajstić information content (AvgIpc) is 3.08. The molecule has 140 valence electrons. The van der Waals surface area contributed by atoms with Gasteiger partial charge in [0.15, 0.2) is 0 Å². The molecule has 1 aromatic heterocycles. The van der Waals surface area contributed by atoms with E-state index in [4.69, 9.17) is 25.5 Å². The summed E-state index contributed by atoms with van der Waals surface area (Å²) < 4.78 is 16.5. The zero-order valence-electron chi connectivity index (χ0n) is 15.0. The van der Waals surface area contributed by atoms with Crippen LogP contribution >= 0.6 is 11.6 Å². The van der Waals surface area contributed by atoms with Gasteiger partial charge in [0.25, 0.3) is 5.91 Å². The molecule has 1 aliphatic heterocycles. The molecule has 2 heterocycles. The van der Waals surface area contributed by atoms with Crippen LogP contribution in [0.5, 0.6) is 5.75 Å². The summed E-state index contributed by atoms with van der Waals surface area (Å²) in [7, 11) is 1.53. The van der Waals surface area contributed by atoms with Crippen molar-refractivity contribution < 1.29 is 18.7 Å². The zero-order valence-corrected chi connectivity index (χ0v) is 15.7. The van der Waals surface area contributed by atoms with Gasteiger partial charge in [0, 0.05) is 24.7 Å².